The van der Waals surface area contributed by atoms with Gasteiger partial charge in [0.05, 0.1) is 5.56 Å². The number of hydrogen-bond donors (Lipinski definition) is 3. The largest absolute Gasteiger partial charge is 0.480 e. The number of carbonyl (C=O) groups is 2. The second-order valence-corrected chi connectivity index (χ2v) is 10.2. The van der Waals surface area contributed by atoms with E-state index in [0.29, 0.717) is 28.7 Å². The monoisotopic (exact) mass is 556 g/mol. The number of halogens is 1. The average Bonchev–Trinajstić information content (AvgIpc) is 2.97. The maximum atomic E-state index is 13.2. The first-order chi connectivity index (χ1) is 19.3. The van der Waals surface area contributed by atoms with Crippen molar-refractivity contribution in [2.45, 2.75) is 32.7 Å². The number of hydrogen-bond acceptors (Lipinski definition) is 4. The summed E-state index contributed by atoms with van der Waals surface area (Å²) in [6.45, 7) is 4.90. The Morgan fingerprint density at radius 3 is 2.33 bits per heavy atom. The highest BCUT2D eigenvalue weighted by atomic mass is 35.5. The van der Waals surface area contributed by atoms with Crippen LogP contribution in [0.15, 0.2) is 97.1 Å². The fraction of sp³-hybridized carbons (Fsp3) is 0.212. The standard InChI is InChI=1S/C33H33ClN2O4/c1-3-22(2)21-35-29-18-17-25(34)20-28(29)32(37)36-30(33(38)39)19-23-13-15-24(16-14-23)27-11-7-8-12-31(27)40-26-9-5-4-6-10-26/h4-18,20,22,30,35H,3,19,21H2,1-2H3,(H,36,37)(H,38,39)/t22?,30-/m0/s1. The Labute approximate surface area is 240 Å². The summed E-state index contributed by atoms with van der Waals surface area (Å²) in [6, 6.07) is 28.8. The number of nitrogens with one attached hydrogen (secondary N) is 2. The van der Waals surface area contributed by atoms with E-state index in [0.717, 1.165) is 34.6 Å². The summed E-state index contributed by atoms with van der Waals surface area (Å²) < 4.78 is 6.09. The Balaban J connectivity index is 1.48. The number of rotatable bonds is 12. The molecular formula is C33H33ClN2O4. The van der Waals surface area contributed by atoms with E-state index >= 15 is 0 Å². The van der Waals surface area contributed by atoms with E-state index < -0.39 is 17.9 Å². The summed E-state index contributed by atoms with van der Waals surface area (Å²) in [5.41, 5.74) is 3.56. The Bertz CT molecular complexity index is 1440. The highest BCUT2D eigenvalue weighted by Crippen LogP contribution is 2.33. The van der Waals surface area contributed by atoms with Gasteiger partial charge in [0.1, 0.15) is 17.5 Å². The maximum Gasteiger partial charge on any atom is 0.326 e. The zero-order valence-electron chi connectivity index (χ0n) is 22.6. The molecule has 6 nitrogen and oxygen atoms in total. The van der Waals surface area contributed by atoms with Crippen LogP contribution < -0.4 is 15.4 Å². The third-order valence-electron chi connectivity index (χ3n) is 6.73. The summed E-state index contributed by atoms with van der Waals surface area (Å²) >= 11 is 6.17. The predicted molar refractivity (Wildman–Crippen MR) is 160 cm³/mol. The molecule has 4 aromatic rings. The molecule has 7 heteroatoms. The molecule has 0 aliphatic heterocycles. The van der Waals surface area contributed by atoms with E-state index in [-0.39, 0.29) is 6.42 Å². The summed E-state index contributed by atoms with van der Waals surface area (Å²) in [5.74, 6) is 0.263. The Kier molecular flexibility index (Phi) is 9.81. The van der Waals surface area contributed by atoms with E-state index in [1.54, 1.807) is 18.2 Å². The van der Waals surface area contributed by atoms with Crippen molar-refractivity contribution in [3.63, 3.8) is 0 Å². The van der Waals surface area contributed by atoms with Crippen LogP contribution in [0.25, 0.3) is 11.1 Å². The third kappa shape index (κ3) is 7.64. The first-order valence-electron chi connectivity index (χ1n) is 13.3. The molecule has 2 atom stereocenters. The van der Waals surface area contributed by atoms with Crippen molar-refractivity contribution in [3.8, 4) is 22.6 Å². The number of ether oxygens (including phenoxy) is 1. The zero-order chi connectivity index (χ0) is 28.5. The van der Waals surface area contributed by atoms with Gasteiger partial charge in [0, 0.05) is 29.2 Å². The lowest BCUT2D eigenvalue weighted by Gasteiger charge is -2.18. The smallest absolute Gasteiger partial charge is 0.326 e. The molecular weight excluding hydrogens is 524 g/mol. The Morgan fingerprint density at radius 1 is 0.925 bits per heavy atom. The van der Waals surface area contributed by atoms with Crippen molar-refractivity contribution in [1.82, 2.24) is 5.32 Å². The molecule has 0 aliphatic carbocycles. The van der Waals surface area contributed by atoms with Gasteiger partial charge in [0.2, 0.25) is 0 Å². The van der Waals surface area contributed by atoms with Crippen molar-refractivity contribution in [3.05, 3.63) is 113 Å². The number of amides is 1. The minimum atomic E-state index is -1.12. The fourth-order valence-electron chi connectivity index (χ4n) is 4.19. The number of carboxylic acid groups (broad SMARTS) is 1. The number of benzene rings is 4. The van der Waals surface area contributed by atoms with E-state index in [1.807, 2.05) is 78.9 Å². The van der Waals surface area contributed by atoms with Gasteiger partial charge in [-0.15, -0.1) is 0 Å². The molecule has 0 saturated heterocycles. The van der Waals surface area contributed by atoms with E-state index in [9.17, 15) is 14.7 Å². The first-order valence-corrected chi connectivity index (χ1v) is 13.7. The van der Waals surface area contributed by atoms with Crippen LogP contribution in [0.1, 0.15) is 36.2 Å². The predicted octanol–water partition coefficient (Wildman–Crippen LogP) is 7.68. The molecule has 0 fully saturated rings. The van der Waals surface area contributed by atoms with Crippen molar-refractivity contribution < 1.29 is 19.4 Å². The molecule has 0 aliphatic rings. The fourth-order valence-corrected chi connectivity index (χ4v) is 4.36. The van der Waals surface area contributed by atoms with Crippen LogP contribution in [0.5, 0.6) is 11.5 Å². The molecule has 0 saturated carbocycles. The molecule has 4 aromatic carbocycles. The van der Waals surface area contributed by atoms with Crippen LogP contribution in [0.3, 0.4) is 0 Å². The second kappa shape index (κ2) is 13.7. The van der Waals surface area contributed by atoms with Crippen LogP contribution in [-0.2, 0) is 11.2 Å². The van der Waals surface area contributed by atoms with Crippen LogP contribution in [-0.4, -0.2) is 29.6 Å². The molecule has 4 rings (SSSR count). The number of carboxylic acids is 1. The van der Waals surface area contributed by atoms with Crippen LogP contribution in [0.2, 0.25) is 5.02 Å². The van der Waals surface area contributed by atoms with E-state index in [2.05, 4.69) is 24.5 Å². The topological polar surface area (TPSA) is 87.7 Å². The lowest BCUT2D eigenvalue weighted by Crippen LogP contribution is -2.42. The molecule has 0 aromatic heterocycles. The molecule has 0 bridgehead atoms. The van der Waals surface area contributed by atoms with Crippen molar-refractivity contribution in [1.29, 1.82) is 0 Å². The molecule has 0 radical (unpaired) electrons. The molecule has 1 unspecified atom stereocenters. The van der Waals surface area contributed by atoms with Crippen molar-refractivity contribution >= 4 is 29.2 Å². The minimum Gasteiger partial charge on any atom is -0.480 e. The lowest BCUT2D eigenvalue weighted by molar-refractivity contribution is -0.139. The average molecular weight is 557 g/mol. The lowest BCUT2D eigenvalue weighted by atomic mass is 9.99. The van der Waals surface area contributed by atoms with Crippen LogP contribution in [0.4, 0.5) is 5.69 Å². The van der Waals surface area contributed by atoms with Crippen LogP contribution >= 0.6 is 11.6 Å². The van der Waals surface area contributed by atoms with Gasteiger partial charge >= 0.3 is 5.97 Å². The van der Waals surface area contributed by atoms with Gasteiger partial charge in [-0.3, -0.25) is 4.79 Å². The van der Waals surface area contributed by atoms with Gasteiger partial charge in [0.25, 0.3) is 5.91 Å². The summed E-state index contributed by atoms with van der Waals surface area (Å²) in [4.78, 5) is 25.3. The zero-order valence-corrected chi connectivity index (χ0v) is 23.3. The van der Waals surface area contributed by atoms with E-state index in [4.69, 9.17) is 16.3 Å². The highest BCUT2D eigenvalue weighted by molar-refractivity contribution is 6.31. The van der Waals surface area contributed by atoms with Crippen LogP contribution in [0, 0.1) is 5.92 Å². The first kappa shape index (κ1) is 28.7. The summed E-state index contributed by atoms with van der Waals surface area (Å²) in [5, 5.41) is 16.3. The highest BCUT2D eigenvalue weighted by Gasteiger charge is 2.23. The number of carbonyl (C=O) groups excluding carboxylic acids is 1. The molecule has 206 valence electrons. The van der Waals surface area contributed by atoms with E-state index in [1.165, 1.54) is 0 Å². The number of aliphatic carboxylic acids is 1. The van der Waals surface area contributed by atoms with Gasteiger partial charge in [-0.1, -0.05) is 92.5 Å². The molecule has 1 amide bonds. The van der Waals surface area contributed by atoms with Gasteiger partial charge in [0.15, 0.2) is 0 Å². The van der Waals surface area contributed by atoms with Gasteiger partial charge in [-0.2, -0.15) is 0 Å². The maximum absolute atomic E-state index is 13.2. The summed E-state index contributed by atoms with van der Waals surface area (Å²) in [6.07, 6.45) is 1.12. The minimum absolute atomic E-state index is 0.125. The van der Waals surface area contributed by atoms with Gasteiger partial charge in [-0.25, -0.2) is 4.79 Å². The van der Waals surface area contributed by atoms with Gasteiger partial charge < -0.3 is 20.5 Å². The molecule has 0 spiro atoms. The number of para-hydroxylation sites is 2. The molecule has 0 heterocycles. The Morgan fingerprint density at radius 2 is 1.62 bits per heavy atom. The quantitative estimate of drug-likeness (QED) is 0.166. The Hall–Kier alpha value is -4.29. The van der Waals surface area contributed by atoms with Crippen molar-refractivity contribution in [2.75, 3.05) is 11.9 Å². The second-order valence-electron chi connectivity index (χ2n) is 9.76. The third-order valence-corrected chi connectivity index (χ3v) is 6.97. The summed E-state index contributed by atoms with van der Waals surface area (Å²) in [7, 11) is 0. The molecule has 40 heavy (non-hydrogen) atoms. The van der Waals surface area contributed by atoms with Gasteiger partial charge in [-0.05, 0) is 53.4 Å². The number of anilines is 1. The SMILES string of the molecule is CCC(C)CNc1ccc(Cl)cc1C(=O)N[C@@H](Cc1ccc(-c2ccccc2Oc2ccccc2)cc1)C(=O)O. The molecule has 3 N–H and O–H groups in total. The van der Waals surface area contributed by atoms with Crippen molar-refractivity contribution in [2.24, 2.45) is 5.92 Å². The normalized spacial score (nSPS) is 12.3.